The molecule has 1 N–H and O–H groups in total. The minimum Gasteiger partial charge on any atom is -0.454 e. The molecular weight excluding hydrogens is 270 g/mol. The number of hydrogen-bond acceptors (Lipinski definition) is 4. The van der Waals surface area contributed by atoms with Gasteiger partial charge in [-0.15, -0.1) is 0 Å². The predicted molar refractivity (Wildman–Crippen MR) is 68.8 cm³/mol. The number of rotatable bonds is 3. The van der Waals surface area contributed by atoms with E-state index in [2.05, 4.69) is 5.32 Å². The minimum atomic E-state index is -0.160. The Hall–Kier alpha value is -1.46. The number of ether oxygens (including phenoxy) is 3. The van der Waals surface area contributed by atoms with E-state index in [9.17, 15) is 4.79 Å². The van der Waals surface area contributed by atoms with Gasteiger partial charge in [0.2, 0.25) is 6.79 Å². The van der Waals surface area contributed by atoms with Gasteiger partial charge in [-0.3, -0.25) is 4.79 Å². The predicted octanol–water partition coefficient (Wildman–Crippen LogP) is 1.83. The van der Waals surface area contributed by atoms with Crippen molar-refractivity contribution in [2.75, 3.05) is 26.6 Å². The summed E-state index contributed by atoms with van der Waals surface area (Å²) in [6.45, 7) is 2.24. The molecule has 0 spiro atoms. The van der Waals surface area contributed by atoms with Crippen LogP contribution in [0.3, 0.4) is 0 Å². The number of halogens is 1. The van der Waals surface area contributed by atoms with Crippen LogP contribution < -0.4 is 14.8 Å². The number of hydrogen-bond donors (Lipinski definition) is 1. The third kappa shape index (κ3) is 2.62. The van der Waals surface area contributed by atoms with Crippen molar-refractivity contribution in [1.29, 1.82) is 0 Å². The molecule has 1 aromatic rings. The number of benzene rings is 1. The highest BCUT2D eigenvalue weighted by molar-refractivity contribution is 6.32. The van der Waals surface area contributed by atoms with Crippen LogP contribution in [0.15, 0.2) is 12.1 Å². The lowest BCUT2D eigenvalue weighted by Gasteiger charge is -2.10. The van der Waals surface area contributed by atoms with E-state index in [0.29, 0.717) is 41.2 Å². The second kappa shape index (κ2) is 5.27. The first-order valence-electron chi connectivity index (χ1n) is 6.19. The van der Waals surface area contributed by atoms with Crippen molar-refractivity contribution in [3.8, 4) is 11.5 Å². The van der Waals surface area contributed by atoms with Gasteiger partial charge in [-0.05, 0) is 18.6 Å². The fourth-order valence-corrected chi connectivity index (χ4v) is 2.45. The molecule has 3 rings (SSSR count). The Kier molecular flexibility index (Phi) is 3.48. The maximum atomic E-state index is 12.0. The third-order valence-electron chi connectivity index (χ3n) is 3.26. The van der Waals surface area contributed by atoms with Crippen LogP contribution in [0, 0.1) is 5.92 Å². The van der Waals surface area contributed by atoms with Gasteiger partial charge in [0.15, 0.2) is 11.5 Å². The molecule has 1 saturated heterocycles. The van der Waals surface area contributed by atoms with Crippen molar-refractivity contribution in [2.45, 2.75) is 6.42 Å². The summed E-state index contributed by atoms with van der Waals surface area (Å²) < 4.78 is 15.7. The molecule has 5 nitrogen and oxygen atoms in total. The highest BCUT2D eigenvalue weighted by Gasteiger charge is 2.21. The van der Waals surface area contributed by atoms with Crippen LogP contribution in [0.5, 0.6) is 11.5 Å². The average molecular weight is 284 g/mol. The lowest BCUT2D eigenvalue weighted by Crippen LogP contribution is -2.29. The maximum Gasteiger partial charge on any atom is 0.251 e. The SMILES string of the molecule is O=C(NC[C@H]1CCOC1)c1cc(Cl)c2c(c1)OCO2. The Morgan fingerprint density at radius 2 is 2.32 bits per heavy atom. The Balaban J connectivity index is 1.67. The summed E-state index contributed by atoms with van der Waals surface area (Å²) >= 11 is 6.04. The number of carbonyl (C=O) groups excluding carboxylic acids is 1. The first kappa shape index (κ1) is 12.6. The highest BCUT2D eigenvalue weighted by Crippen LogP contribution is 2.39. The fraction of sp³-hybridized carbons (Fsp3) is 0.462. The van der Waals surface area contributed by atoms with Crippen LogP contribution in [-0.4, -0.2) is 32.5 Å². The van der Waals surface area contributed by atoms with Crippen molar-refractivity contribution in [3.63, 3.8) is 0 Å². The van der Waals surface area contributed by atoms with Gasteiger partial charge >= 0.3 is 0 Å². The standard InChI is InChI=1S/C13H14ClNO4/c14-10-3-9(4-11-12(10)19-7-18-11)13(16)15-5-8-1-2-17-6-8/h3-4,8H,1-2,5-7H2,(H,15,16)/t8-/m1/s1. The molecule has 0 unspecified atom stereocenters. The van der Waals surface area contributed by atoms with Crippen molar-refractivity contribution in [1.82, 2.24) is 5.32 Å². The summed E-state index contributed by atoms with van der Waals surface area (Å²) in [5.74, 6) is 1.25. The molecule has 2 heterocycles. The Morgan fingerprint density at radius 1 is 1.42 bits per heavy atom. The Morgan fingerprint density at radius 3 is 3.11 bits per heavy atom. The van der Waals surface area contributed by atoms with Crippen molar-refractivity contribution < 1.29 is 19.0 Å². The molecule has 1 fully saturated rings. The fourth-order valence-electron chi connectivity index (χ4n) is 2.18. The first-order chi connectivity index (χ1) is 9.24. The summed E-state index contributed by atoms with van der Waals surface area (Å²) in [5.41, 5.74) is 0.480. The normalized spacial score (nSPS) is 20.6. The van der Waals surface area contributed by atoms with Crippen LogP contribution in [0.4, 0.5) is 0 Å². The zero-order valence-electron chi connectivity index (χ0n) is 10.3. The summed E-state index contributed by atoms with van der Waals surface area (Å²) in [6.07, 6.45) is 0.988. The topological polar surface area (TPSA) is 56.8 Å². The van der Waals surface area contributed by atoms with E-state index >= 15 is 0 Å². The van der Waals surface area contributed by atoms with Gasteiger partial charge in [0.25, 0.3) is 5.91 Å². The zero-order chi connectivity index (χ0) is 13.2. The summed E-state index contributed by atoms with van der Waals surface area (Å²) in [6, 6.07) is 3.24. The van der Waals surface area contributed by atoms with Gasteiger partial charge in [0, 0.05) is 24.6 Å². The molecular formula is C13H14ClNO4. The largest absolute Gasteiger partial charge is 0.454 e. The molecule has 2 aliphatic heterocycles. The van der Waals surface area contributed by atoms with E-state index < -0.39 is 0 Å². The highest BCUT2D eigenvalue weighted by atomic mass is 35.5. The van der Waals surface area contributed by atoms with Crippen molar-refractivity contribution in [2.24, 2.45) is 5.92 Å². The molecule has 0 bridgehead atoms. The molecule has 0 aromatic heterocycles. The van der Waals surface area contributed by atoms with E-state index in [-0.39, 0.29) is 12.7 Å². The third-order valence-corrected chi connectivity index (χ3v) is 3.55. The number of nitrogens with one attached hydrogen (secondary N) is 1. The second-order valence-corrected chi connectivity index (χ2v) is 5.04. The Bertz CT molecular complexity index is 500. The van der Waals surface area contributed by atoms with Crippen LogP contribution >= 0.6 is 11.6 Å². The number of fused-ring (bicyclic) bond motifs is 1. The van der Waals surface area contributed by atoms with Crippen LogP contribution in [0.1, 0.15) is 16.8 Å². The average Bonchev–Trinajstić information content (AvgIpc) is 3.06. The monoisotopic (exact) mass is 283 g/mol. The summed E-state index contributed by atoms with van der Waals surface area (Å²) in [4.78, 5) is 12.0. The van der Waals surface area contributed by atoms with Gasteiger partial charge < -0.3 is 19.5 Å². The molecule has 0 aliphatic carbocycles. The van der Waals surface area contributed by atoms with Crippen LogP contribution in [0.2, 0.25) is 5.02 Å². The maximum absolute atomic E-state index is 12.0. The Labute approximate surface area is 115 Å². The van der Waals surface area contributed by atoms with Gasteiger partial charge in [-0.25, -0.2) is 0 Å². The minimum absolute atomic E-state index is 0.138. The van der Waals surface area contributed by atoms with Gasteiger partial charge in [0.1, 0.15) is 0 Å². The molecule has 1 amide bonds. The van der Waals surface area contributed by atoms with Gasteiger partial charge in [-0.1, -0.05) is 11.6 Å². The molecule has 102 valence electrons. The van der Waals surface area contributed by atoms with E-state index in [1.165, 1.54) is 0 Å². The first-order valence-corrected chi connectivity index (χ1v) is 6.57. The van der Waals surface area contributed by atoms with E-state index in [0.717, 1.165) is 13.0 Å². The van der Waals surface area contributed by atoms with Crippen molar-refractivity contribution in [3.05, 3.63) is 22.7 Å². The molecule has 6 heteroatoms. The smallest absolute Gasteiger partial charge is 0.251 e. The molecule has 0 radical (unpaired) electrons. The lowest BCUT2D eigenvalue weighted by molar-refractivity contribution is 0.0944. The molecule has 0 saturated carbocycles. The molecule has 2 aliphatic rings. The quantitative estimate of drug-likeness (QED) is 0.919. The van der Waals surface area contributed by atoms with E-state index in [1.54, 1.807) is 12.1 Å². The van der Waals surface area contributed by atoms with Gasteiger partial charge in [-0.2, -0.15) is 0 Å². The number of amides is 1. The number of carbonyl (C=O) groups is 1. The molecule has 1 atom stereocenters. The molecule has 1 aromatic carbocycles. The summed E-state index contributed by atoms with van der Waals surface area (Å²) in [7, 11) is 0. The van der Waals surface area contributed by atoms with E-state index in [1.807, 2.05) is 0 Å². The zero-order valence-corrected chi connectivity index (χ0v) is 11.0. The second-order valence-electron chi connectivity index (χ2n) is 4.63. The summed E-state index contributed by atoms with van der Waals surface area (Å²) in [5, 5.41) is 3.28. The van der Waals surface area contributed by atoms with Crippen LogP contribution in [-0.2, 0) is 4.74 Å². The van der Waals surface area contributed by atoms with Crippen molar-refractivity contribution >= 4 is 17.5 Å². The molecule has 19 heavy (non-hydrogen) atoms. The van der Waals surface area contributed by atoms with Crippen LogP contribution in [0.25, 0.3) is 0 Å². The van der Waals surface area contributed by atoms with E-state index in [4.69, 9.17) is 25.8 Å². The van der Waals surface area contributed by atoms with Gasteiger partial charge in [0.05, 0.1) is 11.6 Å². The lowest BCUT2D eigenvalue weighted by atomic mass is 10.1.